The van der Waals surface area contributed by atoms with Crippen molar-refractivity contribution in [1.29, 1.82) is 0 Å². The van der Waals surface area contributed by atoms with Crippen LogP contribution in [0.4, 0.5) is 18.9 Å². The molecule has 2 N–H and O–H groups in total. The summed E-state index contributed by atoms with van der Waals surface area (Å²) < 4.78 is 43.2. The van der Waals surface area contributed by atoms with Gasteiger partial charge in [0.1, 0.15) is 11.3 Å². The van der Waals surface area contributed by atoms with Crippen LogP contribution in [0.25, 0.3) is 33.1 Å². The minimum Gasteiger partial charge on any atom is -0.406 e. The second kappa shape index (κ2) is 10.3. The molecule has 0 atom stereocenters. The quantitative estimate of drug-likeness (QED) is 0.146. The van der Waals surface area contributed by atoms with Crippen molar-refractivity contribution in [2.75, 3.05) is 5.32 Å². The highest BCUT2D eigenvalue weighted by atomic mass is 32.1. The summed E-state index contributed by atoms with van der Waals surface area (Å²) in [5.74, 6) is -0.280. The minimum absolute atomic E-state index is 0.280. The zero-order valence-corrected chi connectivity index (χ0v) is 22.0. The van der Waals surface area contributed by atoms with Gasteiger partial charge >= 0.3 is 6.36 Å². The van der Waals surface area contributed by atoms with Gasteiger partial charge in [-0.3, -0.25) is 10.1 Å². The fourth-order valence-corrected chi connectivity index (χ4v) is 4.57. The Labute approximate surface area is 227 Å². The molecule has 2 aromatic heterocycles. The number of halogens is 3. The summed E-state index contributed by atoms with van der Waals surface area (Å²) in [6, 6.07) is 19.2. The predicted octanol–water partition coefficient (Wildman–Crippen LogP) is 6.62. The van der Waals surface area contributed by atoms with Crippen molar-refractivity contribution in [3.8, 4) is 17.0 Å². The number of aryl methyl sites for hydroxylation is 3. The van der Waals surface area contributed by atoms with Gasteiger partial charge in [-0.15, -0.1) is 13.2 Å². The van der Waals surface area contributed by atoms with Crippen molar-refractivity contribution in [3.63, 3.8) is 0 Å². The maximum atomic E-state index is 12.5. The van der Waals surface area contributed by atoms with E-state index < -0.39 is 6.36 Å². The van der Waals surface area contributed by atoms with Crippen molar-refractivity contribution in [2.24, 2.45) is 12.1 Å². The number of rotatable bonds is 5. The van der Waals surface area contributed by atoms with E-state index >= 15 is 0 Å². The normalized spacial score (nSPS) is 11.8. The Kier molecular flexibility index (Phi) is 6.92. The molecule has 5 rings (SSSR count). The Bertz CT molecular complexity index is 1710. The van der Waals surface area contributed by atoms with Gasteiger partial charge in [-0.2, -0.15) is 10.2 Å². The molecule has 2 heterocycles. The highest BCUT2D eigenvalue weighted by molar-refractivity contribution is 7.80. The summed E-state index contributed by atoms with van der Waals surface area (Å²) in [4.78, 5) is 4.67. The number of nitrogens with zero attached hydrogens (tertiary/aromatic N) is 4. The van der Waals surface area contributed by atoms with Gasteiger partial charge in [0.15, 0.2) is 5.11 Å². The lowest BCUT2D eigenvalue weighted by Gasteiger charge is -2.12. The number of anilines is 1. The minimum atomic E-state index is -4.74. The van der Waals surface area contributed by atoms with E-state index in [1.165, 1.54) is 12.1 Å². The van der Waals surface area contributed by atoms with E-state index in [-0.39, 0.29) is 5.75 Å². The molecule has 39 heavy (non-hydrogen) atoms. The molecule has 7 nitrogen and oxygen atoms in total. The van der Waals surface area contributed by atoms with E-state index in [2.05, 4.69) is 30.7 Å². The van der Waals surface area contributed by atoms with Crippen molar-refractivity contribution in [3.05, 3.63) is 83.6 Å². The van der Waals surface area contributed by atoms with E-state index in [4.69, 9.17) is 12.2 Å². The summed E-state index contributed by atoms with van der Waals surface area (Å²) in [5, 5.41) is 14.1. The zero-order valence-electron chi connectivity index (χ0n) is 21.2. The van der Waals surface area contributed by atoms with E-state index in [1.807, 2.05) is 56.3 Å². The molecule has 0 aliphatic carbocycles. The Balaban J connectivity index is 1.36. The standard InChI is InChI=1S/C28H23F3N6OS/c1-16-5-4-6-17(2)24(16)34-27(39)35-32-15-19-9-12-21-23(33-19)14-13-22-25(21)36-37(3)26(22)18-7-10-20(11-8-18)38-28(29,30)31/h4-15H,1-3H3,(H2,34,35,39). The molecule has 0 unspecified atom stereocenters. The zero-order chi connectivity index (χ0) is 27.7. The fraction of sp³-hybridized carbons (Fsp3) is 0.143. The molecular formula is C28H23F3N6OS. The van der Waals surface area contributed by atoms with Gasteiger partial charge in [-0.05, 0) is 85.7 Å². The van der Waals surface area contributed by atoms with Crippen LogP contribution >= 0.6 is 12.2 Å². The Morgan fingerprint density at radius 2 is 1.67 bits per heavy atom. The van der Waals surface area contributed by atoms with Crippen LogP contribution in [0.2, 0.25) is 0 Å². The van der Waals surface area contributed by atoms with Crippen molar-refractivity contribution < 1.29 is 17.9 Å². The maximum absolute atomic E-state index is 12.5. The smallest absolute Gasteiger partial charge is 0.406 e. The van der Waals surface area contributed by atoms with Gasteiger partial charge in [0, 0.05) is 29.1 Å². The van der Waals surface area contributed by atoms with E-state index in [9.17, 15) is 13.2 Å². The number of pyridine rings is 1. The van der Waals surface area contributed by atoms with Gasteiger partial charge in [0.2, 0.25) is 0 Å². The van der Waals surface area contributed by atoms with Crippen LogP contribution in [0.5, 0.6) is 5.75 Å². The third-order valence-corrected chi connectivity index (χ3v) is 6.33. The number of hydrogen-bond donors (Lipinski definition) is 2. The van der Waals surface area contributed by atoms with Gasteiger partial charge in [0.25, 0.3) is 0 Å². The fourth-order valence-electron chi connectivity index (χ4n) is 4.42. The third-order valence-electron chi connectivity index (χ3n) is 6.14. The van der Waals surface area contributed by atoms with Crippen molar-refractivity contribution in [2.45, 2.75) is 20.2 Å². The summed E-state index contributed by atoms with van der Waals surface area (Å²) >= 11 is 5.36. The van der Waals surface area contributed by atoms with Crippen molar-refractivity contribution in [1.82, 2.24) is 20.2 Å². The lowest BCUT2D eigenvalue weighted by Crippen LogP contribution is -2.24. The van der Waals surface area contributed by atoms with E-state index in [0.29, 0.717) is 16.4 Å². The number of hydrogen-bond acceptors (Lipinski definition) is 5. The topological polar surface area (TPSA) is 76.4 Å². The van der Waals surface area contributed by atoms with Crippen LogP contribution in [0.3, 0.4) is 0 Å². The first-order valence-corrected chi connectivity index (χ1v) is 12.3. The maximum Gasteiger partial charge on any atom is 0.573 e. The number of nitrogens with one attached hydrogen (secondary N) is 2. The first-order valence-electron chi connectivity index (χ1n) is 11.9. The van der Waals surface area contributed by atoms with Crippen molar-refractivity contribution >= 4 is 51.0 Å². The average Bonchev–Trinajstić information content (AvgIpc) is 3.22. The Morgan fingerprint density at radius 1 is 0.974 bits per heavy atom. The van der Waals surface area contributed by atoms with Crippen LogP contribution in [0, 0.1) is 13.8 Å². The summed E-state index contributed by atoms with van der Waals surface area (Å²) in [5.41, 5.74) is 9.48. The number of alkyl halides is 3. The lowest BCUT2D eigenvalue weighted by molar-refractivity contribution is -0.274. The average molecular weight is 549 g/mol. The molecule has 0 radical (unpaired) electrons. The molecule has 5 aromatic rings. The molecule has 0 saturated carbocycles. The SMILES string of the molecule is Cc1cccc(C)c1NC(=S)NN=Cc1ccc2c(ccc3c(-c4ccc(OC(F)(F)F)cc4)n(C)nc32)n1. The number of para-hydroxylation sites is 1. The van der Waals surface area contributed by atoms with E-state index in [1.54, 1.807) is 30.1 Å². The first-order chi connectivity index (χ1) is 18.6. The first kappa shape index (κ1) is 26.1. The number of benzene rings is 3. The van der Waals surface area contributed by atoms with Crippen LogP contribution in [0.1, 0.15) is 16.8 Å². The monoisotopic (exact) mass is 548 g/mol. The summed E-state index contributed by atoms with van der Waals surface area (Å²) in [6.45, 7) is 4.01. The van der Waals surface area contributed by atoms with Crippen LogP contribution in [-0.4, -0.2) is 32.5 Å². The summed E-state index contributed by atoms with van der Waals surface area (Å²) in [6.07, 6.45) is -3.16. The molecule has 0 bridgehead atoms. The molecule has 0 amide bonds. The Morgan fingerprint density at radius 3 is 2.36 bits per heavy atom. The highest BCUT2D eigenvalue weighted by Gasteiger charge is 2.31. The molecule has 198 valence electrons. The lowest BCUT2D eigenvalue weighted by atomic mass is 10.0. The summed E-state index contributed by atoms with van der Waals surface area (Å²) in [7, 11) is 1.79. The molecule has 11 heteroatoms. The number of thiocarbonyl (C=S) groups is 1. The molecule has 0 fully saturated rings. The second-order valence-electron chi connectivity index (χ2n) is 8.90. The number of ether oxygens (including phenoxy) is 1. The second-order valence-corrected chi connectivity index (χ2v) is 9.31. The van der Waals surface area contributed by atoms with Crippen LogP contribution in [0.15, 0.2) is 71.8 Å². The highest BCUT2D eigenvalue weighted by Crippen LogP contribution is 2.33. The molecule has 3 aromatic carbocycles. The molecule has 0 aliphatic heterocycles. The Hall–Kier alpha value is -4.51. The van der Waals surface area contributed by atoms with E-state index in [0.717, 1.165) is 44.3 Å². The van der Waals surface area contributed by atoms with Gasteiger partial charge in [-0.1, -0.05) is 18.2 Å². The van der Waals surface area contributed by atoms with Gasteiger partial charge in [-0.25, -0.2) is 4.98 Å². The van der Waals surface area contributed by atoms with Crippen LogP contribution in [-0.2, 0) is 7.05 Å². The third kappa shape index (κ3) is 5.68. The largest absolute Gasteiger partial charge is 0.573 e. The molecule has 0 spiro atoms. The molecular weight excluding hydrogens is 525 g/mol. The number of aromatic nitrogens is 3. The molecule has 0 saturated heterocycles. The van der Waals surface area contributed by atoms with Gasteiger partial charge in [0.05, 0.1) is 23.1 Å². The molecule has 0 aliphatic rings. The van der Waals surface area contributed by atoms with Crippen LogP contribution < -0.4 is 15.5 Å². The predicted molar refractivity (Wildman–Crippen MR) is 151 cm³/mol. The van der Waals surface area contributed by atoms with Gasteiger partial charge < -0.3 is 10.1 Å². The number of hydrazone groups is 1. The number of fused-ring (bicyclic) bond motifs is 3.